The van der Waals surface area contributed by atoms with Crippen molar-refractivity contribution in [2.45, 2.75) is 26.9 Å². The second-order valence-electron chi connectivity index (χ2n) is 2.36. The molecule has 0 aromatic carbocycles. The number of hydrogen-bond acceptors (Lipinski definition) is 2. The maximum Gasteiger partial charge on any atom is 0.0746 e. The highest BCUT2D eigenvalue weighted by Crippen LogP contribution is 2.06. The quantitative estimate of drug-likeness (QED) is 0.540. The highest BCUT2D eigenvalue weighted by Gasteiger charge is 2.03. The molecule has 0 saturated heterocycles. The van der Waals surface area contributed by atoms with Gasteiger partial charge in [0.2, 0.25) is 0 Å². The molecule has 0 aliphatic heterocycles. The van der Waals surface area contributed by atoms with E-state index in [1.54, 1.807) is 6.92 Å². The average molecular weight is 130 g/mol. The van der Waals surface area contributed by atoms with Gasteiger partial charge in [-0.1, -0.05) is 5.57 Å². The summed E-state index contributed by atoms with van der Waals surface area (Å²) in [5.74, 6) is 0. The molecule has 0 aliphatic rings. The summed E-state index contributed by atoms with van der Waals surface area (Å²) in [6.07, 6.45) is -0.514. The second kappa shape index (κ2) is 3.64. The van der Waals surface area contributed by atoms with Crippen molar-refractivity contribution in [2.24, 2.45) is 0 Å². The van der Waals surface area contributed by atoms with E-state index in [4.69, 9.17) is 10.2 Å². The van der Waals surface area contributed by atoms with Gasteiger partial charge in [0, 0.05) is 0 Å². The van der Waals surface area contributed by atoms with Gasteiger partial charge in [-0.25, -0.2) is 0 Å². The molecule has 0 fully saturated rings. The van der Waals surface area contributed by atoms with Gasteiger partial charge >= 0.3 is 0 Å². The molecule has 0 aliphatic carbocycles. The molecule has 1 unspecified atom stereocenters. The molecule has 2 nitrogen and oxygen atoms in total. The van der Waals surface area contributed by atoms with Crippen molar-refractivity contribution in [3.63, 3.8) is 0 Å². The number of hydrogen-bond donors (Lipinski definition) is 2. The van der Waals surface area contributed by atoms with Crippen LogP contribution in [-0.4, -0.2) is 22.9 Å². The van der Waals surface area contributed by atoms with Crippen molar-refractivity contribution >= 4 is 0 Å². The number of rotatable bonds is 2. The molecular weight excluding hydrogens is 116 g/mol. The smallest absolute Gasteiger partial charge is 0.0746 e. The van der Waals surface area contributed by atoms with Gasteiger partial charge in [-0.2, -0.15) is 0 Å². The van der Waals surface area contributed by atoms with Crippen molar-refractivity contribution in [3.8, 4) is 0 Å². The second-order valence-corrected chi connectivity index (χ2v) is 2.36. The fourth-order valence-electron chi connectivity index (χ4n) is 0.708. The Morgan fingerprint density at radius 3 is 1.89 bits per heavy atom. The molecule has 0 radical (unpaired) electrons. The molecule has 9 heavy (non-hydrogen) atoms. The fraction of sp³-hybridized carbons (Fsp3) is 0.714. The van der Waals surface area contributed by atoms with E-state index in [1.165, 1.54) is 0 Å². The summed E-state index contributed by atoms with van der Waals surface area (Å²) in [6, 6.07) is 0. The Kier molecular flexibility index (Phi) is 3.50. The maximum absolute atomic E-state index is 8.96. The summed E-state index contributed by atoms with van der Waals surface area (Å²) in [7, 11) is 0. The Balaban J connectivity index is 4.16. The van der Waals surface area contributed by atoms with Gasteiger partial charge in [0.15, 0.2) is 0 Å². The van der Waals surface area contributed by atoms with Crippen LogP contribution < -0.4 is 0 Å². The summed E-state index contributed by atoms with van der Waals surface area (Å²) < 4.78 is 0. The minimum Gasteiger partial charge on any atom is -0.392 e. The molecule has 0 spiro atoms. The van der Waals surface area contributed by atoms with E-state index in [1.807, 2.05) is 13.8 Å². The van der Waals surface area contributed by atoms with Crippen molar-refractivity contribution in [1.82, 2.24) is 0 Å². The lowest BCUT2D eigenvalue weighted by Gasteiger charge is -2.08. The van der Waals surface area contributed by atoms with Crippen LogP contribution in [-0.2, 0) is 0 Å². The Morgan fingerprint density at radius 2 is 1.89 bits per heavy atom. The van der Waals surface area contributed by atoms with E-state index in [2.05, 4.69) is 0 Å². The standard InChI is InChI=1S/C7H14O2/c1-5(2)7(4-8)6(3)9/h6,8-9H,4H2,1-3H3. The SMILES string of the molecule is CC(C)=C(CO)C(C)O. The van der Waals surface area contributed by atoms with Gasteiger partial charge in [0.1, 0.15) is 0 Å². The maximum atomic E-state index is 8.96. The van der Waals surface area contributed by atoms with E-state index < -0.39 is 6.10 Å². The molecule has 1 atom stereocenters. The van der Waals surface area contributed by atoms with Crippen LogP contribution in [0.4, 0.5) is 0 Å². The molecule has 0 aromatic heterocycles. The Labute approximate surface area is 55.8 Å². The fourth-order valence-corrected chi connectivity index (χ4v) is 0.708. The lowest BCUT2D eigenvalue weighted by Crippen LogP contribution is -2.09. The molecule has 2 N–H and O–H groups in total. The predicted octanol–water partition coefficient (Wildman–Crippen LogP) is 0.696. The first kappa shape index (κ1) is 8.66. The van der Waals surface area contributed by atoms with Crippen molar-refractivity contribution in [3.05, 3.63) is 11.1 Å². The van der Waals surface area contributed by atoms with Gasteiger partial charge in [0.25, 0.3) is 0 Å². The third-order valence-corrected chi connectivity index (χ3v) is 1.32. The van der Waals surface area contributed by atoms with E-state index in [0.717, 1.165) is 11.1 Å². The molecule has 0 bridgehead atoms. The Bertz CT molecular complexity index is 110. The third-order valence-electron chi connectivity index (χ3n) is 1.32. The molecule has 0 aromatic rings. The molecular formula is C7H14O2. The highest BCUT2D eigenvalue weighted by molar-refractivity contribution is 5.13. The normalized spacial score (nSPS) is 13.0. The topological polar surface area (TPSA) is 40.5 Å². The van der Waals surface area contributed by atoms with Crippen LogP contribution in [0.2, 0.25) is 0 Å². The zero-order valence-corrected chi connectivity index (χ0v) is 6.18. The molecule has 0 rings (SSSR count). The number of aliphatic hydroxyl groups excluding tert-OH is 2. The van der Waals surface area contributed by atoms with Crippen LogP contribution in [0, 0.1) is 0 Å². The Hall–Kier alpha value is -0.340. The first-order valence-electron chi connectivity index (χ1n) is 3.04. The first-order chi connectivity index (χ1) is 4.09. The summed E-state index contributed by atoms with van der Waals surface area (Å²) in [4.78, 5) is 0. The van der Waals surface area contributed by atoms with E-state index in [9.17, 15) is 0 Å². The van der Waals surface area contributed by atoms with Gasteiger partial charge in [-0.05, 0) is 26.3 Å². The lowest BCUT2D eigenvalue weighted by molar-refractivity contribution is 0.202. The monoisotopic (exact) mass is 130 g/mol. The Morgan fingerprint density at radius 1 is 1.44 bits per heavy atom. The van der Waals surface area contributed by atoms with Crippen molar-refractivity contribution in [1.29, 1.82) is 0 Å². The average Bonchev–Trinajstić information content (AvgIpc) is 1.64. The lowest BCUT2D eigenvalue weighted by atomic mass is 10.1. The molecule has 54 valence electrons. The van der Waals surface area contributed by atoms with Gasteiger partial charge in [-0.15, -0.1) is 0 Å². The van der Waals surface area contributed by atoms with Crippen molar-refractivity contribution in [2.75, 3.05) is 6.61 Å². The zero-order chi connectivity index (χ0) is 7.44. The van der Waals surface area contributed by atoms with E-state index in [0.29, 0.717) is 0 Å². The molecule has 0 heterocycles. The summed E-state index contributed by atoms with van der Waals surface area (Å²) in [5, 5.41) is 17.6. The minimum atomic E-state index is -0.514. The van der Waals surface area contributed by atoms with Crippen LogP contribution in [0.5, 0.6) is 0 Å². The predicted molar refractivity (Wildman–Crippen MR) is 37.1 cm³/mol. The zero-order valence-electron chi connectivity index (χ0n) is 6.18. The van der Waals surface area contributed by atoms with Gasteiger partial charge < -0.3 is 10.2 Å². The van der Waals surface area contributed by atoms with Crippen molar-refractivity contribution < 1.29 is 10.2 Å². The molecule has 0 saturated carbocycles. The summed E-state index contributed by atoms with van der Waals surface area (Å²) in [5.41, 5.74) is 1.71. The molecule has 0 amide bonds. The van der Waals surface area contributed by atoms with E-state index >= 15 is 0 Å². The number of aliphatic hydroxyl groups is 2. The van der Waals surface area contributed by atoms with Crippen LogP contribution in [0.3, 0.4) is 0 Å². The minimum absolute atomic E-state index is 0.0417. The van der Waals surface area contributed by atoms with Crippen LogP contribution in [0.15, 0.2) is 11.1 Å². The van der Waals surface area contributed by atoms with Crippen LogP contribution in [0.1, 0.15) is 20.8 Å². The largest absolute Gasteiger partial charge is 0.392 e. The molecule has 2 heteroatoms. The first-order valence-corrected chi connectivity index (χ1v) is 3.04. The van der Waals surface area contributed by atoms with E-state index in [-0.39, 0.29) is 6.61 Å². The summed E-state index contributed by atoms with van der Waals surface area (Å²) >= 11 is 0. The third kappa shape index (κ3) is 2.63. The van der Waals surface area contributed by atoms with Crippen LogP contribution in [0.25, 0.3) is 0 Å². The number of allylic oxidation sites excluding steroid dienone is 1. The summed E-state index contributed by atoms with van der Waals surface area (Å²) in [6.45, 7) is 5.36. The van der Waals surface area contributed by atoms with Gasteiger partial charge in [-0.3, -0.25) is 0 Å². The highest BCUT2D eigenvalue weighted by atomic mass is 16.3. The van der Waals surface area contributed by atoms with Crippen LogP contribution >= 0.6 is 0 Å². The van der Waals surface area contributed by atoms with Gasteiger partial charge in [0.05, 0.1) is 12.7 Å².